The Morgan fingerprint density at radius 1 is 1.38 bits per heavy atom. The van der Waals surface area contributed by atoms with Gasteiger partial charge >= 0.3 is 6.18 Å². The summed E-state index contributed by atoms with van der Waals surface area (Å²) in [7, 11) is -1.38. The molecule has 0 aromatic rings. The number of hydrogen-bond donors (Lipinski definition) is 0. The molecule has 7 heteroatoms. The first-order chi connectivity index (χ1) is 7.17. The van der Waals surface area contributed by atoms with Gasteiger partial charge in [0.2, 0.25) is 5.91 Å². The highest BCUT2D eigenvalue weighted by Crippen LogP contribution is 2.18. The summed E-state index contributed by atoms with van der Waals surface area (Å²) in [4.78, 5) is 12.2. The van der Waals surface area contributed by atoms with E-state index in [-0.39, 0.29) is 11.5 Å². The van der Waals surface area contributed by atoms with Crippen LogP contribution in [-0.4, -0.2) is 45.3 Å². The van der Waals surface area contributed by atoms with Crippen molar-refractivity contribution in [2.24, 2.45) is 0 Å². The van der Waals surface area contributed by atoms with Crippen LogP contribution in [0.25, 0.3) is 0 Å². The monoisotopic (exact) mass is 259 g/mol. The summed E-state index contributed by atoms with van der Waals surface area (Å²) in [6.45, 7) is 3.33. The fourth-order valence-corrected chi connectivity index (χ4v) is 1.72. The van der Waals surface area contributed by atoms with E-state index < -0.39 is 35.5 Å². The van der Waals surface area contributed by atoms with Gasteiger partial charge in [-0.3, -0.25) is 9.00 Å². The molecule has 0 saturated carbocycles. The number of carbonyl (C=O) groups excluding carboxylic acids is 1. The highest BCUT2D eigenvalue weighted by atomic mass is 32.2. The number of rotatable bonds is 5. The summed E-state index contributed by atoms with van der Waals surface area (Å²) in [6.07, 6.45) is -4.42. The predicted octanol–water partition coefficient (Wildman–Crippen LogP) is 1.55. The lowest BCUT2D eigenvalue weighted by Gasteiger charge is -2.27. The minimum Gasteiger partial charge on any atom is -0.330 e. The lowest BCUT2D eigenvalue weighted by molar-refractivity contribution is -0.162. The highest BCUT2D eigenvalue weighted by Gasteiger charge is 2.34. The van der Waals surface area contributed by atoms with Crippen molar-refractivity contribution in [3.63, 3.8) is 0 Å². The Morgan fingerprint density at radius 3 is 2.19 bits per heavy atom. The molecule has 0 N–H and O–H groups in total. The number of halogens is 3. The minimum absolute atomic E-state index is 0.268. The van der Waals surface area contributed by atoms with Crippen molar-refractivity contribution in [1.82, 2.24) is 4.90 Å². The molecule has 0 rings (SSSR count). The van der Waals surface area contributed by atoms with Gasteiger partial charge in [-0.1, -0.05) is 6.92 Å². The van der Waals surface area contributed by atoms with Crippen LogP contribution in [0.15, 0.2) is 0 Å². The number of amides is 1. The molecule has 0 heterocycles. The Hall–Kier alpha value is -0.590. The highest BCUT2D eigenvalue weighted by molar-refractivity contribution is 7.85. The van der Waals surface area contributed by atoms with E-state index in [2.05, 4.69) is 0 Å². The maximum atomic E-state index is 12.2. The van der Waals surface area contributed by atoms with Crippen LogP contribution in [0.5, 0.6) is 0 Å². The molecule has 0 aliphatic carbocycles. The molecular formula is C9H16F3NO2S. The summed E-state index contributed by atoms with van der Waals surface area (Å²) < 4.78 is 47.6. The summed E-state index contributed by atoms with van der Waals surface area (Å²) in [5.41, 5.74) is 0. The van der Waals surface area contributed by atoms with Crippen LogP contribution < -0.4 is 0 Å². The second kappa shape index (κ2) is 6.22. The molecule has 0 aliphatic rings. The van der Waals surface area contributed by atoms with Crippen LogP contribution in [0, 0.1) is 0 Å². The molecule has 0 radical (unpaired) electrons. The van der Waals surface area contributed by atoms with Gasteiger partial charge < -0.3 is 4.90 Å². The topological polar surface area (TPSA) is 37.4 Å². The molecule has 0 bridgehead atoms. The average molecular weight is 259 g/mol. The molecule has 0 spiro atoms. The zero-order chi connectivity index (χ0) is 12.9. The van der Waals surface area contributed by atoms with E-state index in [4.69, 9.17) is 0 Å². The first-order valence-electron chi connectivity index (χ1n) is 4.88. The fourth-order valence-electron chi connectivity index (χ4n) is 1.07. The van der Waals surface area contributed by atoms with Gasteiger partial charge in [-0.25, -0.2) is 0 Å². The number of carbonyl (C=O) groups is 1. The van der Waals surface area contributed by atoms with Gasteiger partial charge in [-0.15, -0.1) is 0 Å². The number of nitrogens with zero attached hydrogens (tertiary/aromatic N) is 1. The maximum Gasteiger partial charge on any atom is 0.406 e. The molecule has 1 amide bonds. The second-order valence-corrected chi connectivity index (χ2v) is 5.35. The van der Waals surface area contributed by atoms with Crippen molar-refractivity contribution in [3.8, 4) is 0 Å². The number of hydrogen-bond acceptors (Lipinski definition) is 2. The molecule has 1 atom stereocenters. The van der Waals surface area contributed by atoms with Crippen molar-refractivity contribution in [1.29, 1.82) is 0 Å². The molecule has 0 aliphatic heterocycles. The van der Waals surface area contributed by atoms with Gasteiger partial charge in [0.15, 0.2) is 0 Å². The lowest BCUT2D eigenvalue weighted by atomic mass is 10.3. The number of alkyl halides is 3. The molecule has 0 unspecified atom stereocenters. The van der Waals surface area contributed by atoms with Crippen molar-refractivity contribution in [3.05, 3.63) is 0 Å². The standard InChI is InChI=1S/C9H16F3NO2S/c1-4-16(15)5-8(14)13(7(2)3)6-9(10,11)12/h7H,4-6H2,1-3H3/t16-/m1/s1. The zero-order valence-corrected chi connectivity index (χ0v) is 10.3. The average Bonchev–Trinajstić information content (AvgIpc) is 2.12. The van der Waals surface area contributed by atoms with Crippen molar-refractivity contribution in [2.45, 2.75) is 33.0 Å². The maximum absolute atomic E-state index is 12.2. The molecular weight excluding hydrogens is 243 g/mol. The molecule has 0 saturated heterocycles. The normalized spacial score (nSPS) is 13.9. The molecule has 0 fully saturated rings. The van der Waals surface area contributed by atoms with Crippen LogP contribution in [0.1, 0.15) is 20.8 Å². The SMILES string of the molecule is CC[S@@](=O)CC(=O)N(CC(F)(F)F)C(C)C. The molecule has 0 aromatic heterocycles. The molecule has 3 nitrogen and oxygen atoms in total. The molecule has 96 valence electrons. The third-order valence-corrected chi connectivity index (χ3v) is 3.11. The zero-order valence-electron chi connectivity index (χ0n) is 9.50. The smallest absolute Gasteiger partial charge is 0.330 e. The van der Waals surface area contributed by atoms with E-state index in [0.717, 1.165) is 0 Å². The Morgan fingerprint density at radius 2 is 1.88 bits per heavy atom. The summed E-state index contributed by atoms with van der Waals surface area (Å²) in [6, 6.07) is -0.553. The Balaban J connectivity index is 4.54. The third-order valence-electron chi connectivity index (χ3n) is 1.90. The lowest BCUT2D eigenvalue weighted by Crippen LogP contribution is -2.45. The Bertz CT molecular complexity index is 266. The van der Waals surface area contributed by atoms with Gasteiger partial charge in [-0.2, -0.15) is 13.2 Å². The summed E-state index contributed by atoms with van der Waals surface area (Å²) >= 11 is 0. The first-order valence-corrected chi connectivity index (χ1v) is 6.37. The van der Waals surface area contributed by atoms with E-state index in [1.807, 2.05) is 0 Å². The van der Waals surface area contributed by atoms with Gasteiger partial charge in [-0.05, 0) is 13.8 Å². The predicted molar refractivity (Wildman–Crippen MR) is 56.5 cm³/mol. The van der Waals surface area contributed by atoms with Crippen molar-refractivity contribution in [2.75, 3.05) is 18.1 Å². The molecule has 16 heavy (non-hydrogen) atoms. The van der Waals surface area contributed by atoms with Crippen molar-refractivity contribution < 1.29 is 22.2 Å². The quantitative estimate of drug-likeness (QED) is 0.751. The van der Waals surface area contributed by atoms with Gasteiger partial charge in [0.1, 0.15) is 12.3 Å². The summed E-state index contributed by atoms with van der Waals surface area (Å²) in [5, 5.41) is 0. The minimum atomic E-state index is -4.42. The van der Waals surface area contributed by atoms with E-state index in [1.165, 1.54) is 13.8 Å². The second-order valence-electron chi connectivity index (χ2n) is 3.60. The van der Waals surface area contributed by atoms with Crippen LogP contribution in [0.2, 0.25) is 0 Å². The first kappa shape index (κ1) is 15.4. The van der Waals surface area contributed by atoms with Crippen LogP contribution in [0.3, 0.4) is 0 Å². The van der Waals surface area contributed by atoms with Crippen LogP contribution >= 0.6 is 0 Å². The van der Waals surface area contributed by atoms with E-state index >= 15 is 0 Å². The van der Waals surface area contributed by atoms with E-state index in [1.54, 1.807) is 6.92 Å². The van der Waals surface area contributed by atoms with Crippen LogP contribution in [0.4, 0.5) is 13.2 Å². The Labute approximate surface area is 95.5 Å². The largest absolute Gasteiger partial charge is 0.406 e. The van der Waals surface area contributed by atoms with Crippen molar-refractivity contribution >= 4 is 16.7 Å². The van der Waals surface area contributed by atoms with Crippen LogP contribution in [-0.2, 0) is 15.6 Å². The third kappa shape index (κ3) is 6.09. The van der Waals surface area contributed by atoms with E-state index in [9.17, 15) is 22.2 Å². The Kier molecular flexibility index (Phi) is 5.99. The van der Waals surface area contributed by atoms with Gasteiger partial charge in [0.05, 0.1) is 0 Å². The van der Waals surface area contributed by atoms with E-state index in [0.29, 0.717) is 4.90 Å². The van der Waals surface area contributed by atoms with Gasteiger partial charge in [0.25, 0.3) is 0 Å². The fraction of sp³-hybridized carbons (Fsp3) is 0.889. The molecule has 0 aromatic carbocycles. The summed E-state index contributed by atoms with van der Waals surface area (Å²) in [5.74, 6) is -0.790. The van der Waals surface area contributed by atoms with Gasteiger partial charge in [0, 0.05) is 22.6 Å².